The fourth-order valence-corrected chi connectivity index (χ4v) is 6.94. The van der Waals surface area contributed by atoms with Gasteiger partial charge < -0.3 is 24.6 Å². The summed E-state index contributed by atoms with van der Waals surface area (Å²) >= 11 is 0. The molecule has 7 nitrogen and oxygen atoms in total. The Balaban J connectivity index is 1.32. The summed E-state index contributed by atoms with van der Waals surface area (Å²) in [6.45, 7) is 3.32. The third-order valence-electron chi connectivity index (χ3n) is 8.76. The van der Waals surface area contributed by atoms with Crippen LogP contribution in [0.1, 0.15) is 63.9 Å². The molecular weight excluding hydrogens is 452 g/mol. The van der Waals surface area contributed by atoms with Crippen molar-refractivity contribution < 1.29 is 14.3 Å². The van der Waals surface area contributed by atoms with Gasteiger partial charge in [-0.15, -0.1) is 0 Å². The number of rotatable bonds is 5. The van der Waals surface area contributed by atoms with E-state index in [-0.39, 0.29) is 11.8 Å². The second-order valence-electron chi connectivity index (χ2n) is 10.8. The zero-order chi connectivity index (χ0) is 24.6. The van der Waals surface area contributed by atoms with E-state index in [4.69, 9.17) is 9.47 Å². The van der Waals surface area contributed by atoms with Crippen molar-refractivity contribution in [1.29, 1.82) is 0 Å². The Morgan fingerprint density at radius 2 is 1.83 bits per heavy atom. The molecule has 6 rings (SSSR count). The van der Waals surface area contributed by atoms with Crippen LogP contribution < -0.4 is 15.1 Å². The van der Waals surface area contributed by atoms with Crippen LogP contribution >= 0.6 is 0 Å². The van der Waals surface area contributed by atoms with E-state index in [0.29, 0.717) is 30.8 Å². The molecule has 1 saturated carbocycles. The molecule has 1 aromatic carbocycles. The van der Waals surface area contributed by atoms with Gasteiger partial charge in [-0.3, -0.25) is 4.79 Å². The molecule has 4 heterocycles. The molecule has 192 valence electrons. The molecule has 1 N–H and O–H groups in total. The molecule has 36 heavy (non-hydrogen) atoms. The Morgan fingerprint density at radius 3 is 2.56 bits per heavy atom. The average molecular weight is 491 g/mol. The number of nitrogens with zero attached hydrogens (tertiary/aromatic N) is 3. The highest BCUT2D eigenvalue weighted by Gasteiger charge is 2.41. The number of pyridine rings is 1. The normalized spacial score (nSPS) is 29.2. The van der Waals surface area contributed by atoms with Gasteiger partial charge >= 0.3 is 0 Å². The predicted molar refractivity (Wildman–Crippen MR) is 142 cm³/mol. The highest BCUT2D eigenvalue weighted by molar-refractivity contribution is 6.00. The van der Waals surface area contributed by atoms with Crippen molar-refractivity contribution in [2.24, 2.45) is 5.92 Å². The first-order chi connectivity index (χ1) is 17.6. The highest BCUT2D eigenvalue weighted by Crippen LogP contribution is 2.44. The Kier molecular flexibility index (Phi) is 6.61. The fraction of sp³-hybridized carbons (Fsp3) is 0.586. The van der Waals surface area contributed by atoms with Crippen LogP contribution in [-0.2, 0) is 20.8 Å². The number of benzene rings is 1. The Hall–Kier alpha value is -2.64. The van der Waals surface area contributed by atoms with Gasteiger partial charge in [-0.1, -0.05) is 6.07 Å². The number of anilines is 4. The molecule has 3 fully saturated rings. The fourth-order valence-electron chi connectivity index (χ4n) is 6.94. The van der Waals surface area contributed by atoms with E-state index in [1.54, 1.807) is 0 Å². The minimum atomic E-state index is 0.0325. The topological polar surface area (TPSA) is 66.9 Å². The van der Waals surface area contributed by atoms with Crippen LogP contribution in [-0.4, -0.2) is 48.9 Å². The molecule has 2 saturated heterocycles. The summed E-state index contributed by atoms with van der Waals surface area (Å²) in [5.41, 5.74) is 4.18. The maximum Gasteiger partial charge on any atom is 0.230 e. The lowest BCUT2D eigenvalue weighted by Crippen LogP contribution is -2.45. The van der Waals surface area contributed by atoms with Gasteiger partial charge in [0.15, 0.2) is 0 Å². The molecule has 0 radical (unpaired) electrons. The van der Waals surface area contributed by atoms with Gasteiger partial charge in [0.25, 0.3) is 0 Å². The second kappa shape index (κ2) is 10.0. The van der Waals surface area contributed by atoms with Gasteiger partial charge in [0.1, 0.15) is 5.82 Å². The monoisotopic (exact) mass is 490 g/mol. The number of piperidine rings is 1. The summed E-state index contributed by atoms with van der Waals surface area (Å²) < 4.78 is 11.6. The number of carbonyl (C=O) groups excluding carboxylic acids is 1. The summed E-state index contributed by atoms with van der Waals surface area (Å²) in [5, 5.41) is 3.54. The van der Waals surface area contributed by atoms with E-state index in [1.807, 2.05) is 31.2 Å². The van der Waals surface area contributed by atoms with Gasteiger partial charge in [-0.2, -0.15) is 0 Å². The van der Waals surface area contributed by atoms with Crippen LogP contribution in [0.4, 0.5) is 22.9 Å². The minimum absolute atomic E-state index is 0.0325. The molecule has 4 aliphatic rings. The average Bonchev–Trinajstić information content (AvgIpc) is 3.08. The Labute approximate surface area is 214 Å². The van der Waals surface area contributed by atoms with Crippen LogP contribution in [0.15, 0.2) is 36.5 Å². The summed E-state index contributed by atoms with van der Waals surface area (Å²) in [6, 6.07) is 11.6. The van der Waals surface area contributed by atoms with E-state index in [2.05, 4.69) is 39.5 Å². The number of nitrogens with one attached hydrogen (secondary N) is 1. The predicted octanol–water partition coefficient (Wildman–Crippen LogP) is 5.41. The maximum atomic E-state index is 14.1. The van der Waals surface area contributed by atoms with Gasteiger partial charge in [0.2, 0.25) is 5.91 Å². The quantitative estimate of drug-likeness (QED) is 0.604. The molecule has 1 amide bonds. The molecule has 1 aliphatic carbocycles. The van der Waals surface area contributed by atoms with Gasteiger partial charge in [-0.25, -0.2) is 4.98 Å². The number of hydrogen-bond acceptors (Lipinski definition) is 6. The van der Waals surface area contributed by atoms with Crippen molar-refractivity contribution >= 4 is 28.8 Å². The lowest BCUT2D eigenvalue weighted by molar-refractivity contribution is -0.124. The molecule has 1 unspecified atom stereocenters. The molecule has 7 heteroatoms. The minimum Gasteiger partial charge on any atom is -0.381 e. The van der Waals surface area contributed by atoms with Crippen LogP contribution in [0.5, 0.6) is 0 Å². The molecule has 3 atom stereocenters. The third-order valence-corrected chi connectivity index (χ3v) is 8.76. The van der Waals surface area contributed by atoms with Crippen LogP contribution in [0.2, 0.25) is 0 Å². The molecule has 0 spiro atoms. The largest absolute Gasteiger partial charge is 0.381 e. The highest BCUT2D eigenvalue weighted by atomic mass is 16.5. The van der Waals surface area contributed by atoms with Crippen molar-refractivity contribution in [2.45, 2.75) is 89.1 Å². The van der Waals surface area contributed by atoms with Gasteiger partial charge in [0.05, 0.1) is 30.1 Å². The number of ether oxygens (including phenoxy) is 2. The lowest BCUT2D eigenvalue weighted by Gasteiger charge is -2.40. The summed E-state index contributed by atoms with van der Waals surface area (Å²) in [6.07, 6.45) is 10.7. The maximum absolute atomic E-state index is 14.1. The first-order valence-electron chi connectivity index (χ1n) is 13.7. The van der Waals surface area contributed by atoms with Gasteiger partial charge in [-0.05, 0) is 82.6 Å². The molecular formula is C29H38N4O3. The number of hydrogen-bond donors (Lipinski definition) is 1. The van der Waals surface area contributed by atoms with Crippen molar-refractivity contribution in [3.05, 3.63) is 42.1 Å². The smallest absolute Gasteiger partial charge is 0.230 e. The number of fused-ring (bicyclic) bond motifs is 4. The van der Waals surface area contributed by atoms with E-state index < -0.39 is 0 Å². The number of amides is 1. The summed E-state index contributed by atoms with van der Waals surface area (Å²) in [4.78, 5) is 23.3. The summed E-state index contributed by atoms with van der Waals surface area (Å²) in [7, 11) is 1.84. The number of aromatic nitrogens is 1. The molecule has 3 aliphatic heterocycles. The zero-order valence-electron chi connectivity index (χ0n) is 21.5. The van der Waals surface area contributed by atoms with E-state index in [9.17, 15) is 4.79 Å². The second-order valence-corrected chi connectivity index (χ2v) is 10.8. The number of methoxy groups -OCH3 is 1. The summed E-state index contributed by atoms with van der Waals surface area (Å²) in [5.74, 6) is 1.09. The van der Waals surface area contributed by atoms with Crippen molar-refractivity contribution in [3.8, 4) is 0 Å². The SMILES string of the molecule is CCOC1CCC(C(=O)N2Cc3cccnc3Nc3ccc(N4[C@@H]5CC[C@H]4CC(OC)C5)cc32)CC1. The Bertz CT molecular complexity index is 1090. The molecule has 2 aromatic rings. The standard InChI is InChI=1S/C29H38N4O3/c1-3-36-24-11-6-19(7-12-24)29(34)32-18-20-5-4-14-30-28(20)31-26-13-10-23(17-27(26)32)33-21-8-9-22(33)16-25(15-21)35-2/h4-5,10,13-14,17,19,21-22,24-25H,3,6-9,11-12,15-16,18H2,1-2H3,(H,30,31)/t19?,21-,22+,24?,25?. The first kappa shape index (κ1) is 23.7. The van der Waals surface area contributed by atoms with E-state index >= 15 is 0 Å². The Morgan fingerprint density at radius 1 is 1.06 bits per heavy atom. The van der Waals surface area contributed by atoms with Crippen LogP contribution in [0.25, 0.3) is 0 Å². The van der Waals surface area contributed by atoms with Crippen molar-refractivity contribution in [2.75, 3.05) is 28.8 Å². The first-order valence-corrected chi connectivity index (χ1v) is 13.7. The van der Waals surface area contributed by atoms with E-state index in [1.165, 1.54) is 18.5 Å². The van der Waals surface area contributed by atoms with Crippen molar-refractivity contribution in [1.82, 2.24) is 4.98 Å². The van der Waals surface area contributed by atoms with Crippen molar-refractivity contribution in [3.63, 3.8) is 0 Å². The molecule has 2 bridgehead atoms. The molecule has 1 aromatic heterocycles. The lowest BCUT2D eigenvalue weighted by atomic mass is 9.86. The zero-order valence-corrected chi connectivity index (χ0v) is 21.5. The van der Waals surface area contributed by atoms with Gasteiger partial charge in [0, 0.05) is 49.2 Å². The number of carbonyl (C=O) groups is 1. The van der Waals surface area contributed by atoms with E-state index in [0.717, 1.165) is 67.9 Å². The van der Waals surface area contributed by atoms with Crippen LogP contribution in [0, 0.1) is 5.92 Å². The van der Waals surface area contributed by atoms with Crippen LogP contribution in [0.3, 0.4) is 0 Å². The third kappa shape index (κ3) is 4.37.